The van der Waals surface area contributed by atoms with E-state index in [0.29, 0.717) is 22.4 Å². The smallest absolute Gasteiger partial charge is 0.275 e. The molecule has 0 aliphatic carbocycles. The van der Waals surface area contributed by atoms with Gasteiger partial charge in [-0.25, -0.2) is 9.49 Å². The monoisotopic (exact) mass is 284 g/mol. The summed E-state index contributed by atoms with van der Waals surface area (Å²) in [7, 11) is 1.56. The average molecular weight is 284 g/mol. The maximum Gasteiger partial charge on any atom is 0.275 e. The van der Waals surface area contributed by atoms with E-state index in [9.17, 15) is 9.18 Å². The minimum Gasteiger partial charge on any atom is -0.496 e. The number of aromatic nitrogens is 2. The molecule has 1 heterocycles. The van der Waals surface area contributed by atoms with Gasteiger partial charge in [-0.05, 0) is 30.7 Å². The van der Waals surface area contributed by atoms with E-state index in [1.807, 2.05) is 25.1 Å². The van der Waals surface area contributed by atoms with Crippen LogP contribution in [0.25, 0.3) is 22.0 Å². The van der Waals surface area contributed by atoms with E-state index >= 15 is 0 Å². The van der Waals surface area contributed by atoms with Gasteiger partial charge in [-0.15, -0.1) is 0 Å². The van der Waals surface area contributed by atoms with Crippen molar-refractivity contribution in [1.29, 1.82) is 0 Å². The fourth-order valence-corrected chi connectivity index (χ4v) is 2.37. The first-order chi connectivity index (χ1) is 10.1. The van der Waals surface area contributed by atoms with E-state index in [-0.39, 0.29) is 5.39 Å². The van der Waals surface area contributed by atoms with E-state index in [0.717, 1.165) is 5.56 Å². The summed E-state index contributed by atoms with van der Waals surface area (Å²) in [5, 5.41) is 6.88. The second-order valence-corrected chi connectivity index (χ2v) is 4.77. The lowest BCUT2D eigenvalue weighted by molar-refractivity contribution is 0.416. The zero-order valence-corrected chi connectivity index (χ0v) is 11.6. The molecular weight excluding hydrogens is 271 g/mol. The fourth-order valence-electron chi connectivity index (χ4n) is 2.37. The van der Waals surface area contributed by atoms with Crippen molar-refractivity contribution < 1.29 is 9.13 Å². The quantitative estimate of drug-likeness (QED) is 0.787. The van der Waals surface area contributed by atoms with Crippen molar-refractivity contribution in [2.75, 3.05) is 7.11 Å². The molecule has 1 aromatic heterocycles. The molecule has 0 radical (unpaired) electrons. The first-order valence-electron chi connectivity index (χ1n) is 6.43. The summed E-state index contributed by atoms with van der Waals surface area (Å²) < 4.78 is 19.3. The van der Waals surface area contributed by atoms with Gasteiger partial charge in [0.25, 0.3) is 5.56 Å². The summed E-state index contributed by atoms with van der Waals surface area (Å²) in [5.41, 5.74) is 1.68. The van der Waals surface area contributed by atoms with Crippen LogP contribution < -0.4 is 10.3 Å². The number of nitrogens with zero attached hydrogens (tertiary/aromatic N) is 1. The van der Waals surface area contributed by atoms with Crippen LogP contribution in [0.5, 0.6) is 5.75 Å². The van der Waals surface area contributed by atoms with Gasteiger partial charge >= 0.3 is 0 Å². The van der Waals surface area contributed by atoms with E-state index in [2.05, 4.69) is 10.2 Å². The standard InChI is InChI=1S/C16H13FN2O2/c1-9-6-7-10(13(8-9)21-2)15-11-4-3-5-12(17)14(11)16(20)19-18-15/h3-8H,1-2H3,(H,19,20). The SMILES string of the molecule is COc1cc(C)ccc1-c1n[nH]c(=O)c2c(F)cccc12. The van der Waals surface area contributed by atoms with E-state index in [1.165, 1.54) is 6.07 Å². The van der Waals surface area contributed by atoms with Crippen molar-refractivity contribution in [3.8, 4) is 17.0 Å². The predicted octanol–water partition coefficient (Wildman–Crippen LogP) is 3.05. The van der Waals surface area contributed by atoms with Crippen LogP contribution >= 0.6 is 0 Å². The molecule has 0 atom stereocenters. The molecule has 0 bridgehead atoms. The Hall–Kier alpha value is -2.69. The van der Waals surface area contributed by atoms with Gasteiger partial charge in [-0.3, -0.25) is 4.79 Å². The van der Waals surface area contributed by atoms with Crippen molar-refractivity contribution in [1.82, 2.24) is 10.2 Å². The highest BCUT2D eigenvalue weighted by Gasteiger charge is 2.15. The Morgan fingerprint density at radius 2 is 2.05 bits per heavy atom. The summed E-state index contributed by atoms with van der Waals surface area (Å²) in [6.07, 6.45) is 0. The Morgan fingerprint density at radius 3 is 2.81 bits per heavy atom. The number of fused-ring (bicyclic) bond motifs is 1. The summed E-state index contributed by atoms with van der Waals surface area (Å²) in [5.74, 6) is 0.0589. The molecule has 3 rings (SSSR count). The largest absolute Gasteiger partial charge is 0.496 e. The molecule has 0 aliphatic rings. The van der Waals surface area contributed by atoms with Gasteiger partial charge in [0, 0.05) is 10.9 Å². The minimum absolute atomic E-state index is 0.00475. The Bertz CT molecular complexity index is 887. The van der Waals surface area contributed by atoms with Crippen molar-refractivity contribution in [2.24, 2.45) is 0 Å². The number of nitrogens with one attached hydrogen (secondary N) is 1. The molecule has 0 unspecified atom stereocenters. The van der Waals surface area contributed by atoms with Crippen LogP contribution in [0.3, 0.4) is 0 Å². The second-order valence-electron chi connectivity index (χ2n) is 4.77. The molecule has 0 fully saturated rings. The van der Waals surface area contributed by atoms with Crippen molar-refractivity contribution in [3.63, 3.8) is 0 Å². The van der Waals surface area contributed by atoms with Gasteiger partial charge in [0.05, 0.1) is 12.5 Å². The summed E-state index contributed by atoms with van der Waals surface area (Å²) >= 11 is 0. The van der Waals surface area contributed by atoms with Crippen LogP contribution in [0.1, 0.15) is 5.56 Å². The van der Waals surface area contributed by atoms with E-state index in [4.69, 9.17) is 4.74 Å². The molecule has 2 aromatic carbocycles. The molecule has 3 aromatic rings. The van der Waals surface area contributed by atoms with Gasteiger partial charge in [0.1, 0.15) is 17.3 Å². The summed E-state index contributed by atoms with van der Waals surface area (Å²) in [6.45, 7) is 1.95. The molecule has 5 heteroatoms. The summed E-state index contributed by atoms with van der Waals surface area (Å²) in [4.78, 5) is 11.8. The number of aromatic amines is 1. The van der Waals surface area contributed by atoms with Crippen molar-refractivity contribution >= 4 is 10.8 Å². The minimum atomic E-state index is -0.566. The molecule has 0 saturated heterocycles. The van der Waals surface area contributed by atoms with Gasteiger partial charge in [-0.1, -0.05) is 18.2 Å². The first-order valence-corrected chi connectivity index (χ1v) is 6.43. The van der Waals surface area contributed by atoms with Gasteiger partial charge < -0.3 is 4.74 Å². The van der Waals surface area contributed by atoms with Gasteiger partial charge in [-0.2, -0.15) is 5.10 Å². The Balaban J connectivity index is 2.39. The number of halogens is 1. The Morgan fingerprint density at radius 1 is 1.24 bits per heavy atom. The van der Waals surface area contributed by atoms with Crippen LogP contribution in [0, 0.1) is 12.7 Å². The number of aryl methyl sites for hydroxylation is 1. The highest BCUT2D eigenvalue weighted by molar-refractivity contribution is 5.95. The lowest BCUT2D eigenvalue weighted by Crippen LogP contribution is -2.11. The highest BCUT2D eigenvalue weighted by atomic mass is 19.1. The third kappa shape index (κ3) is 2.16. The number of hydrogen-bond acceptors (Lipinski definition) is 3. The average Bonchev–Trinajstić information content (AvgIpc) is 2.48. The van der Waals surface area contributed by atoms with Crippen LogP contribution in [-0.2, 0) is 0 Å². The summed E-state index contributed by atoms with van der Waals surface area (Å²) in [6, 6.07) is 10.1. The van der Waals surface area contributed by atoms with Crippen LogP contribution in [-0.4, -0.2) is 17.3 Å². The van der Waals surface area contributed by atoms with E-state index < -0.39 is 11.4 Å². The third-order valence-corrected chi connectivity index (χ3v) is 3.38. The van der Waals surface area contributed by atoms with Crippen molar-refractivity contribution in [2.45, 2.75) is 6.92 Å². The lowest BCUT2D eigenvalue weighted by Gasteiger charge is -2.10. The zero-order chi connectivity index (χ0) is 15.0. The predicted molar refractivity (Wildman–Crippen MR) is 79.0 cm³/mol. The fraction of sp³-hybridized carbons (Fsp3) is 0.125. The highest BCUT2D eigenvalue weighted by Crippen LogP contribution is 2.33. The molecular formula is C16H13FN2O2. The second kappa shape index (κ2) is 5.01. The number of ether oxygens (including phenoxy) is 1. The van der Waals surface area contributed by atoms with Gasteiger partial charge in [0.2, 0.25) is 0 Å². The van der Waals surface area contributed by atoms with Crippen LogP contribution in [0.4, 0.5) is 4.39 Å². The number of hydrogen-bond donors (Lipinski definition) is 1. The molecule has 1 N–H and O–H groups in total. The normalized spacial score (nSPS) is 10.8. The van der Waals surface area contributed by atoms with Crippen LogP contribution in [0.15, 0.2) is 41.2 Å². The molecule has 106 valence electrons. The Labute approximate surface area is 120 Å². The van der Waals surface area contributed by atoms with Crippen LogP contribution in [0.2, 0.25) is 0 Å². The van der Waals surface area contributed by atoms with Gasteiger partial charge in [0.15, 0.2) is 0 Å². The molecule has 0 aliphatic heterocycles. The number of methoxy groups -OCH3 is 1. The molecule has 0 amide bonds. The molecule has 4 nitrogen and oxygen atoms in total. The maximum absolute atomic E-state index is 13.9. The zero-order valence-electron chi connectivity index (χ0n) is 11.6. The number of H-pyrrole nitrogens is 1. The number of benzene rings is 2. The Kier molecular flexibility index (Phi) is 3.17. The maximum atomic E-state index is 13.9. The lowest BCUT2D eigenvalue weighted by atomic mass is 10.0. The molecule has 21 heavy (non-hydrogen) atoms. The third-order valence-electron chi connectivity index (χ3n) is 3.38. The van der Waals surface area contributed by atoms with Crippen molar-refractivity contribution in [3.05, 3.63) is 58.1 Å². The number of rotatable bonds is 2. The van der Waals surface area contributed by atoms with E-state index in [1.54, 1.807) is 19.2 Å². The topological polar surface area (TPSA) is 55.0 Å². The molecule has 0 saturated carbocycles. The molecule has 0 spiro atoms. The first kappa shape index (κ1) is 13.3.